The first kappa shape index (κ1) is 17.0. The first-order valence-corrected chi connectivity index (χ1v) is 9.66. The SMILES string of the molecule is CCc1ccc([C@@H](NC(=O)N2C[C@@H]3[C@H](C2)[C@H]2CC[C@H]3O2)C(C)(C)C)o1. The molecule has 3 aliphatic heterocycles. The van der Waals surface area contributed by atoms with E-state index < -0.39 is 0 Å². The fourth-order valence-corrected chi connectivity index (χ4v) is 4.79. The van der Waals surface area contributed by atoms with Crippen molar-refractivity contribution in [3.05, 3.63) is 23.7 Å². The molecule has 25 heavy (non-hydrogen) atoms. The van der Waals surface area contributed by atoms with E-state index in [0.717, 1.165) is 43.9 Å². The van der Waals surface area contributed by atoms with Gasteiger partial charge >= 0.3 is 6.03 Å². The van der Waals surface area contributed by atoms with Gasteiger partial charge in [-0.05, 0) is 30.4 Å². The smallest absolute Gasteiger partial charge is 0.318 e. The number of carbonyl (C=O) groups excluding carboxylic acids is 1. The zero-order chi connectivity index (χ0) is 17.8. The van der Waals surface area contributed by atoms with Crippen LogP contribution in [0, 0.1) is 17.3 Å². The minimum absolute atomic E-state index is 0.0307. The van der Waals surface area contributed by atoms with Crippen LogP contribution < -0.4 is 5.32 Å². The van der Waals surface area contributed by atoms with E-state index >= 15 is 0 Å². The van der Waals surface area contributed by atoms with E-state index in [-0.39, 0.29) is 17.5 Å². The molecule has 3 aliphatic rings. The van der Waals surface area contributed by atoms with Crippen molar-refractivity contribution in [1.29, 1.82) is 0 Å². The molecule has 0 spiro atoms. The predicted octanol–water partition coefficient (Wildman–Crippen LogP) is 3.75. The minimum atomic E-state index is -0.131. The molecule has 4 rings (SSSR count). The second-order valence-corrected chi connectivity index (χ2v) is 8.93. The van der Waals surface area contributed by atoms with Gasteiger partial charge in [0.2, 0.25) is 0 Å². The summed E-state index contributed by atoms with van der Waals surface area (Å²) in [6.45, 7) is 10.1. The van der Waals surface area contributed by atoms with Crippen molar-refractivity contribution in [3.63, 3.8) is 0 Å². The van der Waals surface area contributed by atoms with E-state index in [9.17, 15) is 4.79 Å². The molecule has 0 aromatic carbocycles. The third kappa shape index (κ3) is 2.97. The van der Waals surface area contributed by atoms with Crippen molar-refractivity contribution < 1.29 is 13.9 Å². The maximum atomic E-state index is 12.9. The monoisotopic (exact) mass is 346 g/mol. The number of aryl methyl sites for hydroxylation is 1. The average molecular weight is 346 g/mol. The number of likely N-dealkylation sites (tertiary alicyclic amines) is 1. The minimum Gasteiger partial charge on any atom is -0.464 e. The van der Waals surface area contributed by atoms with Gasteiger partial charge < -0.3 is 19.4 Å². The van der Waals surface area contributed by atoms with Crippen LogP contribution in [0.5, 0.6) is 0 Å². The zero-order valence-corrected chi connectivity index (χ0v) is 15.7. The summed E-state index contributed by atoms with van der Waals surface area (Å²) < 4.78 is 12.0. The van der Waals surface area contributed by atoms with Crippen LogP contribution in [0.2, 0.25) is 0 Å². The molecule has 0 radical (unpaired) electrons. The van der Waals surface area contributed by atoms with Crippen LogP contribution in [0.1, 0.15) is 58.1 Å². The molecule has 1 aromatic heterocycles. The number of fused-ring (bicyclic) bond motifs is 5. The Morgan fingerprint density at radius 3 is 2.40 bits per heavy atom. The second kappa shape index (κ2) is 6.04. The lowest BCUT2D eigenvalue weighted by Gasteiger charge is -2.32. The van der Waals surface area contributed by atoms with Gasteiger partial charge in [-0.2, -0.15) is 0 Å². The highest BCUT2D eigenvalue weighted by atomic mass is 16.5. The lowest BCUT2D eigenvalue weighted by molar-refractivity contribution is 0.0731. The third-order valence-electron chi connectivity index (χ3n) is 6.19. The molecule has 4 heterocycles. The Morgan fingerprint density at radius 2 is 1.88 bits per heavy atom. The van der Waals surface area contributed by atoms with Crippen LogP contribution in [0.4, 0.5) is 4.79 Å². The lowest BCUT2D eigenvalue weighted by Crippen LogP contribution is -2.44. The molecule has 5 heteroatoms. The number of hydrogen-bond acceptors (Lipinski definition) is 3. The van der Waals surface area contributed by atoms with Gasteiger partial charge in [-0.15, -0.1) is 0 Å². The number of hydrogen-bond donors (Lipinski definition) is 1. The molecule has 138 valence electrons. The van der Waals surface area contributed by atoms with Crippen LogP contribution >= 0.6 is 0 Å². The highest BCUT2D eigenvalue weighted by Crippen LogP contribution is 2.47. The molecule has 0 saturated carbocycles. The Bertz CT molecular complexity index is 630. The molecule has 1 aromatic rings. The summed E-state index contributed by atoms with van der Waals surface area (Å²) in [6, 6.07) is 3.91. The molecule has 5 atom stereocenters. The number of nitrogens with one attached hydrogen (secondary N) is 1. The second-order valence-electron chi connectivity index (χ2n) is 8.93. The van der Waals surface area contributed by atoms with E-state index in [0.29, 0.717) is 24.0 Å². The first-order chi connectivity index (χ1) is 11.9. The standard InChI is InChI=1S/C20H30N2O3/c1-5-12-6-7-17(24-12)18(20(2,3)4)21-19(23)22-10-13-14(11-22)16-9-8-15(13)25-16/h6-7,13-16,18H,5,8-11H2,1-4H3,(H,21,23)/t13-,14+,15-,16-,18-/m1/s1. The Morgan fingerprint density at radius 1 is 1.24 bits per heavy atom. The maximum Gasteiger partial charge on any atom is 0.318 e. The van der Waals surface area contributed by atoms with E-state index in [1.807, 2.05) is 17.0 Å². The normalized spacial score (nSPS) is 32.1. The van der Waals surface area contributed by atoms with Gasteiger partial charge in [-0.1, -0.05) is 27.7 Å². The topological polar surface area (TPSA) is 54.7 Å². The molecular weight excluding hydrogens is 316 g/mol. The summed E-state index contributed by atoms with van der Waals surface area (Å²) in [7, 11) is 0. The van der Waals surface area contributed by atoms with Gasteiger partial charge in [-0.3, -0.25) is 0 Å². The molecule has 2 bridgehead atoms. The number of carbonyl (C=O) groups is 1. The summed E-state index contributed by atoms with van der Waals surface area (Å²) >= 11 is 0. The van der Waals surface area contributed by atoms with Gasteiger partial charge in [0.05, 0.1) is 18.2 Å². The summed E-state index contributed by atoms with van der Waals surface area (Å²) in [5.41, 5.74) is -0.115. The summed E-state index contributed by atoms with van der Waals surface area (Å²) in [6.07, 6.45) is 3.95. The van der Waals surface area contributed by atoms with E-state index in [1.54, 1.807) is 0 Å². The van der Waals surface area contributed by atoms with E-state index in [2.05, 4.69) is 33.0 Å². The quantitative estimate of drug-likeness (QED) is 0.907. The highest BCUT2D eigenvalue weighted by molar-refractivity contribution is 5.75. The predicted molar refractivity (Wildman–Crippen MR) is 95.3 cm³/mol. The number of urea groups is 1. The Labute approximate surface area is 150 Å². The van der Waals surface area contributed by atoms with Crippen LogP contribution in [0.3, 0.4) is 0 Å². The van der Waals surface area contributed by atoms with Gasteiger partial charge in [-0.25, -0.2) is 4.79 Å². The fraction of sp³-hybridized carbons (Fsp3) is 0.750. The first-order valence-electron chi connectivity index (χ1n) is 9.66. The maximum absolute atomic E-state index is 12.9. The molecule has 0 unspecified atom stereocenters. The third-order valence-corrected chi connectivity index (χ3v) is 6.19. The number of amides is 2. The van der Waals surface area contributed by atoms with Gasteiger partial charge in [0.25, 0.3) is 0 Å². The highest BCUT2D eigenvalue weighted by Gasteiger charge is 2.54. The number of ether oxygens (including phenoxy) is 1. The van der Waals surface area contributed by atoms with Crippen LogP contribution in [0.25, 0.3) is 0 Å². The van der Waals surface area contributed by atoms with Crippen molar-refractivity contribution in [2.24, 2.45) is 17.3 Å². The van der Waals surface area contributed by atoms with E-state index in [1.165, 1.54) is 0 Å². The number of rotatable bonds is 3. The molecule has 3 fully saturated rings. The molecule has 3 saturated heterocycles. The fourth-order valence-electron chi connectivity index (χ4n) is 4.79. The molecule has 1 N–H and O–H groups in total. The van der Waals surface area contributed by atoms with Gasteiger partial charge in [0.1, 0.15) is 11.5 Å². The number of nitrogens with zero attached hydrogens (tertiary/aromatic N) is 1. The van der Waals surface area contributed by atoms with Crippen molar-refractivity contribution >= 4 is 6.03 Å². The van der Waals surface area contributed by atoms with Crippen molar-refractivity contribution in [2.75, 3.05) is 13.1 Å². The Hall–Kier alpha value is -1.49. The molecule has 0 aliphatic carbocycles. The van der Waals surface area contributed by atoms with Crippen molar-refractivity contribution in [1.82, 2.24) is 10.2 Å². The summed E-state index contributed by atoms with van der Waals surface area (Å²) in [5, 5.41) is 3.24. The lowest BCUT2D eigenvalue weighted by atomic mass is 9.82. The number of furan rings is 1. The Kier molecular flexibility index (Phi) is 4.10. The summed E-state index contributed by atoms with van der Waals surface area (Å²) in [5.74, 6) is 2.88. The van der Waals surface area contributed by atoms with Crippen molar-refractivity contribution in [2.45, 2.75) is 65.2 Å². The molecular formula is C20H30N2O3. The summed E-state index contributed by atoms with van der Waals surface area (Å²) in [4.78, 5) is 14.9. The average Bonchev–Trinajstić information content (AvgIpc) is 3.32. The largest absolute Gasteiger partial charge is 0.464 e. The van der Waals surface area contributed by atoms with Crippen LogP contribution in [-0.2, 0) is 11.2 Å². The molecule has 5 nitrogen and oxygen atoms in total. The zero-order valence-electron chi connectivity index (χ0n) is 15.7. The van der Waals surface area contributed by atoms with Crippen molar-refractivity contribution in [3.8, 4) is 0 Å². The van der Waals surface area contributed by atoms with E-state index in [4.69, 9.17) is 9.15 Å². The molecule has 2 amide bonds. The van der Waals surface area contributed by atoms with Gasteiger partial charge in [0, 0.05) is 31.3 Å². The van der Waals surface area contributed by atoms with Gasteiger partial charge in [0.15, 0.2) is 0 Å². The van der Waals surface area contributed by atoms with Crippen LogP contribution in [-0.4, -0.2) is 36.2 Å². The van der Waals surface area contributed by atoms with Crippen LogP contribution in [0.15, 0.2) is 16.5 Å². The Balaban J connectivity index is 1.46.